The molecule has 0 unspecified atom stereocenters. The highest BCUT2D eigenvalue weighted by Gasteiger charge is 2.23. The average molecular weight is 357 g/mol. The number of carbonyl (C=O) groups is 1. The van der Waals surface area contributed by atoms with Crippen molar-refractivity contribution < 1.29 is 14.3 Å². The van der Waals surface area contributed by atoms with E-state index in [0.29, 0.717) is 6.42 Å². The fourth-order valence-electron chi connectivity index (χ4n) is 3.60. The Morgan fingerprint density at radius 1 is 1.19 bits per heavy atom. The maximum atomic E-state index is 11.9. The fraction of sp³-hybridized carbons (Fsp3) is 0.450. The minimum atomic E-state index is 0.0913. The van der Waals surface area contributed by atoms with Gasteiger partial charge in [-0.25, -0.2) is 0 Å². The van der Waals surface area contributed by atoms with E-state index in [2.05, 4.69) is 33.1 Å². The van der Waals surface area contributed by atoms with Gasteiger partial charge in [-0.05, 0) is 35.7 Å². The van der Waals surface area contributed by atoms with Gasteiger partial charge in [-0.15, -0.1) is 0 Å². The molecule has 2 aromatic rings. The van der Waals surface area contributed by atoms with Gasteiger partial charge in [0, 0.05) is 57.6 Å². The molecule has 0 radical (unpaired) electrons. The zero-order valence-electron chi connectivity index (χ0n) is 15.7. The first-order chi connectivity index (χ1) is 12.6. The monoisotopic (exact) mass is 357 g/mol. The van der Waals surface area contributed by atoms with Gasteiger partial charge in [0.2, 0.25) is 5.91 Å². The molecule has 26 heavy (non-hydrogen) atoms. The summed E-state index contributed by atoms with van der Waals surface area (Å²) in [5.41, 5.74) is 2.42. The predicted molar refractivity (Wildman–Crippen MR) is 100 cm³/mol. The number of aromatic nitrogens is 1. The largest absolute Gasteiger partial charge is 0.497 e. The van der Waals surface area contributed by atoms with E-state index in [1.807, 2.05) is 18.2 Å². The Morgan fingerprint density at radius 3 is 2.58 bits per heavy atom. The molecule has 1 aliphatic rings. The molecule has 0 saturated carbocycles. The smallest absolute Gasteiger partial charge is 0.220 e. The summed E-state index contributed by atoms with van der Waals surface area (Å²) in [7, 11) is 5.02. The zero-order valence-corrected chi connectivity index (χ0v) is 15.7. The van der Waals surface area contributed by atoms with Crippen molar-refractivity contribution in [3.8, 4) is 11.5 Å². The Balaban J connectivity index is 1.80. The highest BCUT2D eigenvalue weighted by atomic mass is 16.5. The number of benzene rings is 1. The van der Waals surface area contributed by atoms with E-state index >= 15 is 0 Å². The first kappa shape index (κ1) is 18.3. The van der Waals surface area contributed by atoms with E-state index in [-0.39, 0.29) is 11.8 Å². The van der Waals surface area contributed by atoms with Gasteiger partial charge in [-0.2, -0.15) is 0 Å². The van der Waals surface area contributed by atoms with Gasteiger partial charge in [0.15, 0.2) is 0 Å². The number of nitrogens with one attached hydrogen (secondary N) is 1. The Hall–Kier alpha value is -2.47. The van der Waals surface area contributed by atoms with Crippen molar-refractivity contribution in [1.29, 1.82) is 0 Å². The third-order valence-corrected chi connectivity index (χ3v) is 4.85. The lowest BCUT2D eigenvalue weighted by molar-refractivity contribution is -0.121. The summed E-state index contributed by atoms with van der Waals surface area (Å²) in [5, 5.41) is 2.75. The van der Waals surface area contributed by atoms with Crippen LogP contribution in [0.3, 0.4) is 0 Å². The number of ether oxygens (including phenoxy) is 2. The molecule has 2 heterocycles. The Kier molecular flexibility index (Phi) is 5.83. The SMILES string of the molecule is CNC(=O)C[C@@H]1CN(Cc2cc(OC)cc(OC)c2)Cc2cccn2C1. The van der Waals surface area contributed by atoms with E-state index in [4.69, 9.17) is 9.47 Å². The number of fused-ring (bicyclic) bond motifs is 1. The number of rotatable bonds is 6. The van der Waals surface area contributed by atoms with Crippen LogP contribution >= 0.6 is 0 Å². The van der Waals surface area contributed by atoms with Crippen LogP contribution in [0.1, 0.15) is 17.7 Å². The van der Waals surface area contributed by atoms with Gasteiger partial charge in [0.25, 0.3) is 0 Å². The molecule has 0 aliphatic carbocycles. The molecule has 1 aliphatic heterocycles. The standard InChI is InChI=1S/C20H27N3O3/c1-21-20(24)9-16-12-22(14-17-5-4-6-23(17)13-16)11-15-7-18(25-2)10-19(8-15)26-3/h4-8,10,16H,9,11-14H2,1-3H3,(H,21,24)/t16-/m1/s1. The fourth-order valence-corrected chi connectivity index (χ4v) is 3.60. The van der Waals surface area contributed by atoms with Gasteiger partial charge in [-0.1, -0.05) is 0 Å². The maximum absolute atomic E-state index is 11.9. The first-order valence-corrected chi connectivity index (χ1v) is 8.90. The summed E-state index contributed by atoms with van der Waals surface area (Å²) in [4.78, 5) is 14.3. The summed E-state index contributed by atoms with van der Waals surface area (Å²) < 4.78 is 13.0. The van der Waals surface area contributed by atoms with Crippen LogP contribution in [-0.2, 0) is 24.4 Å². The van der Waals surface area contributed by atoms with Crippen LogP contribution in [0.2, 0.25) is 0 Å². The second kappa shape index (κ2) is 8.27. The predicted octanol–water partition coefficient (Wildman–Crippen LogP) is 2.27. The Labute approximate surface area is 154 Å². The van der Waals surface area contributed by atoms with Gasteiger partial charge in [0.1, 0.15) is 11.5 Å². The molecule has 0 fully saturated rings. The number of amides is 1. The van der Waals surface area contributed by atoms with E-state index in [1.54, 1.807) is 21.3 Å². The van der Waals surface area contributed by atoms with Crippen molar-refractivity contribution in [3.63, 3.8) is 0 Å². The Bertz CT molecular complexity index is 734. The molecule has 0 saturated heterocycles. The molecular weight excluding hydrogens is 330 g/mol. The molecule has 140 valence electrons. The van der Waals surface area contributed by atoms with Gasteiger partial charge in [0.05, 0.1) is 14.2 Å². The van der Waals surface area contributed by atoms with Crippen LogP contribution in [0.5, 0.6) is 11.5 Å². The number of carbonyl (C=O) groups excluding carboxylic acids is 1. The topological polar surface area (TPSA) is 55.7 Å². The molecule has 1 aromatic heterocycles. The van der Waals surface area contributed by atoms with Crippen LogP contribution < -0.4 is 14.8 Å². The van der Waals surface area contributed by atoms with E-state index in [1.165, 1.54) is 5.69 Å². The van der Waals surface area contributed by atoms with Crippen LogP contribution in [-0.4, -0.2) is 43.2 Å². The third kappa shape index (κ3) is 4.38. The lowest BCUT2D eigenvalue weighted by atomic mass is 10.0. The van der Waals surface area contributed by atoms with Crippen LogP contribution in [0.15, 0.2) is 36.5 Å². The van der Waals surface area contributed by atoms with Gasteiger partial charge in [-0.3, -0.25) is 9.69 Å². The second-order valence-electron chi connectivity index (χ2n) is 6.79. The molecule has 1 amide bonds. The van der Waals surface area contributed by atoms with Crippen LogP contribution in [0.25, 0.3) is 0 Å². The molecule has 1 N–H and O–H groups in total. The van der Waals surface area contributed by atoms with Crippen molar-refractivity contribution in [2.75, 3.05) is 27.8 Å². The molecule has 0 spiro atoms. The van der Waals surface area contributed by atoms with Crippen molar-refractivity contribution in [1.82, 2.24) is 14.8 Å². The maximum Gasteiger partial charge on any atom is 0.220 e. The number of nitrogens with zero attached hydrogens (tertiary/aromatic N) is 2. The number of hydrogen-bond donors (Lipinski definition) is 1. The van der Waals surface area contributed by atoms with Crippen LogP contribution in [0, 0.1) is 5.92 Å². The summed E-state index contributed by atoms with van der Waals surface area (Å²) in [6, 6.07) is 10.2. The van der Waals surface area contributed by atoms with Crippen molar-refractivity contribution in [3.05, 3.63) is 47.8 Å². The third-order valence-electron chi connectivity index (χ3n) is 4.85. The minimum Gasteiger partial charge on any atom is -0.497 e. The summed E-state index contributed by atoms with van der Waals surface area (Å²) in [6.45, 7) is 3.38. The minimum absolute atomic E-state index is 0.0913. The highest BCUT2D eigenvalue weighted by molar-refractivity contribution is 5.75. The molecule has 0 bridgehead atoms. The molecule has 6 nitrogen and oxygen atoms in total. The second-order valence-corrected chi connectivity index (χ2v) is 6.79. The Morgan fingerprint density at radius 2 is 1.92 bits per heavy atom. The lowest BCUT2D eigenvalue weighted by Gasteiger charge is -2.24. The van der Waals surface area contributed by atoms with Crippen molar-refractivity contribution in [2.45, 2.75) is 26.1 Å². The van der Waals surface area contributed by atoms with Gasteiger partial charge >= 0.3 is 0 Å². The number of methoxy groups -OCH3 is 2. The normalized spacial score (nSPS) is 17.3. The summed E-state index contributed by atoms with van der Waals surface area (Å²) in [5.74, 6) is 1.95. The van der Waals surface area contributed by atoms with Crippen molar-refractivity contribution >= 4 is 5.91 Å². The number of hydrogen-bond acceptors (Lipinski definition) is 4. The van der Waals surface area contributed by atoms with E-state index in [0.717, 1.165) is 43.2 Å². The lowest BCUT2D eigenvalue weighted by Crippen LogP contribution is -2.31. The molecule has 1 atom stereocenters. The first-order valence-electron chi connectivity index (χ1n) is 8.90. The van der Waals surface area contributed by atoms with E-state index < -0.39 is 0 Å². The molecular formula is C20H27N3O3. The highest BCUT2D eigenvalue weighted by Crippen LogP contribution is 2.26. The van der Waals surface area contributed by atoms with Crippen molar-refractivity contribution in [2.24, 2.45) is 5.92 Å². The summed E-state index contributed by atoms with van der Waals surface area (Å²) in [6.07, 6.45) is 2.64. The molecule has 1 aromatic carbocycles. The van der Waals surface area contributed by atoms with Crippen LogP contribution in [0.4, 0.5) is 0 Å². The van der Waals surface area contributed by atoms with E-state index in [9.17, 15) is 4.79 Å². The average Bonchev–Trinajstić information content (AvgIpc) is 3.00. The quantitative estimate of drug-likeness (QED) is 0.862. The molecule has 3 rings (SSSR count). The summed E-state index contributed by atoms with van der Waals surface area (Å²) >= 11 is 0. The van der Waals surface area contributed by atoms with Gasteiger partial charge < -0.3 is 19.4 Å². The zero-order chi connectivity index (χ0) is 18.5. The molecule has 6 heteroatoms.